The van der Waals surface area contributed by atoms with E-state index in [9.17, 15) is 4.39 Å². The second kappa shape index (κ2) is 6.21. The molecule has 0 saturated heterocycles. The van der Waals surface area contributed by atoms with E-state index in [2.05, 4.69) is 13.8 Å². The van der Waals surface area contributed by atoms with Gasteiger partial charge in [-0.25, -0.2) is 4.39 Å². The number of benzene rings is 1. The van der Waals surface area contributed by atoms with Crippen molar-refractivity contribution in [3.05, 3.63) is 34.6 Å². The van der Waals surface area contributed by atoms with Crippen LogP contribution in [0.3, 0.4) is 0 Å². The van der Waals surface area contributed by atoms with Gasteiger partial charge in [0.25, 0.3) is 0 Å². The van der Waals surface area contributed by atoms with Gasteiger partial charge < -0.3 is 5.73 Å². The summed E-state index contributed by atoms with van der Waals surface area (Å²) in [5.41, 5.74) is 6.86. The molecule has 0 aliphatic heterocycles. The summed E-state index contributed by atoms with van der Waals surface area (Å²) in [5, 5.41) is 0.151. The molecule has 1 aromatic rings. The maximum Gasteiger partial charge on any atom is 0.142 e. The monoisotopic (exact) mass is 243 g/mol. The van der Waals surface area contributed by atoms with Crippen LogP contribution >= 0.6 is 11.6 Å². The predicted molar refractivity (Wildman–Crippen MR) is 67.0 cm³/mol. The molecule has 1 nitrogen and oxygen atoms in total. The van der Waals surface area contributed by atoms with E-state index < -0.39 is 5.82 Å². The normalized spacial score (nSPS) is 14.8. The van der Waals surface area contributed by atoms with Gasteiger partial charge in [-0.1, -0.05) is 44.4 Å². The van der Waals surface area contributed by atoms with Gasteiger partial charge >= 0.3 is 0 Å². The average Bonchev–Trinajstić information content (AvgIpc) is 2.22. The molecule has 1 rings (SSSR count). The van der Waals surface area contributed by atoms with E-state index in [1.165, 1.54) is 6.07 Å². The van der Waals surface area contributed by atoms with E-state index in [1.807, 2.05) is 0 Å². The molecule has 0 saturated carbocycles. The van der Waals surface area contributed by atoms with Crippen LogP contribution in [0.1, 0.15) is 44.7 Å². The van der Waals surface area contributed by atoms with Gasteiger partial charge in [0, 0.05) is 6.04 Å². The Labute approximate surface area is 102 Å². The first-order valence-corrected chi connectivity index (χ1v) is 6.13. The smallest absolute Gasteiger partial charge is 0.142 e. The summed E-state index contributed by atoms with van der Waals surface area (Å²) in [6.07, 6.45) is 3.20. The lowest BCUT2D eigenvalue weighted by Crippen LogP contribution is -2.14. The van der Waals surface area contributed by atoms with Crippen LogP contribution in [0, 0.1) is 11.7 Å². The molecular formula is C13H19ClFN. The van der Waals surface area contributed by atoms with Crippen LogP contribution in [0.5, 0.6) is 0 Å². The van der Waals surface area contributed by atoms with Gasteiger partial charge in [-0.05, 0) is 30.0 Å². The number of halogens is 2. The minimum Gasteiger partial charge on any atom is -0.324 e. The Bertz CT molecular complexity index is 341. The van der Waals surface area contributed by atoms with E-state index in [0.29, 0.717) is 5.92 Å². The molecule has 0 aromatic heterocycles. The Morgan fingerprint density at radius 2 is 2.12 bits per heavy atom. The zero-order valence-corrected chi connectivity index (χ0v) is 10.6. The van der Waals surface area contributed by atoms with Crippen molar-refractivity contribution in [1.82, 2.24) is 0 Å². The highest BCUT2D eigenvalue weighted by Crippen LogP contribution is 2.24. The molecule has 0 aliphatic rings. The highest BCUT2D eigenvalue weighted by Gasteiger charge is 2.12. The van der Waals surface area contributed by atoms with Crippen molar-refractivity contribution >= 4 is 11.6 Å². The first-order valence-electron chi connectivity index (χ1n) is 5.75. The average molecular weight is 244 g/mol. The third kappa shape index (κ3) is 3.76. The summed E-state index contributed by atoms with van der Waals surface area (Å²) in [6.45, 7) is 4.33. The Hall–Kier alpha value is -0.600. The van der Waals surface area contributed by atoms with Crippen LogP contribution in [0.15, 0.2) is 18.2 Å². The molecule has 1 aromatic carbocycles. The van der Waals surface area contributed by atoms with Crippen molar-refractivity contribution in [3.8, 4) is 0 Å². The van der Waals surface area contributed by atoms with Gasteiger partial charge in [0.15, 0.2) is 0 Å². The minimum atomic E-state index is -0.391. The summed E-state index contributed by atoms with van der Waals surface area (Å²) in [4.78, 5) is 0. The molecule has 90 valence electrons. The van der Waals surface area contributed by atoms with E-state index in [-0.39, 0.29) is 11.1 Å². The predicted octanol–water partition coefficient (Wildman–Crippen LogP) is 4.31. The van der Waals surface area contributed by atoms with Crippen LogP contribution in [0.2, 0.25) is 5.02 Å². The summed E-state index contributed by atoms with van der Waals surface area (Å²) in [5.74, 6) is 0.177. The van der Waals surface area contributed by atoms with Crippen LogP contribution in [0.25, 0.3) is 0 Å². The Morgan fingerprint density at radius 1 is 1.44 bits per heavy atom. The fraction of sp³-hybridized carbons (Fsp3) is 0.538. The van der Waals surface area contributed by atoms with Crippen LogP contribution in [0.4, 0.5) is 4.39 Å². The molecule has 3 heteroatoms. The lowest BCUT2D eigenvalue weighted by molar-refractivity contribution is 0.439. The molecule has 2 unspecified atom stereocenters. The molecule has 0 bridgehead atoms. The molecule has 0 heterocycles. The topological polar surface area (TPSA) is 26.0 Å². The zero-order valence-electron chi connectivity index (χ0n) is 9.84. The van der Waals surface area contributed by atoms with Crippen LogP contribution in [-0.4, -0.2) is 0 Å². The molecule has 16 heavy (non-hydrogen) atoms. The number of hydrogen-bond acceptors (Lipinski definition) is 1. The lowest BCUT2D eigenvalue weighted by Gasteiger charge is -2.17. The lowest BCUT2D eigenvalue weighted by atomic mass is 9.93. The highest BCUT2D eigenvalue weighted by molar-refractivity contribution is 6.30. The molecule has 0 aliphatic carbocycles. The van der Waals surface area contributed by atoms with Gasteiger partial charge in [-0.3, -0.25) is 0 Å². The van der Waals surface area contributed by atoms with E-state index in [1.54, 1.807) is 12.1 Å². The van der Waals surface area contributed by atoms with Crippen molar-refractivity contribution in [2.24, 2.45) is 11.7 Å². The van der Waals surface area contributed by atoms with Crippen molar-refractivity contribution < 1.29 is 4.39 Å². The van der Waals surface area contributed by atoms with Crippen LogP contribution in [-0.2, 0) is 0 Å². The van der Waals surface area contributed by atoms with Gasteiger partial charge in [0.1, 0.15) is 5.82 Å². The van der Waals surface area contributed by atoms with Crippen molar-refractivity contribution in [2.45, 2.75) is 39.2 Å². The maximum atomic E-state index is 13.2. The fourth-order valence-electron chi connectivity index (χ4n) is 1.92. The third-order valence-electron chi connectivity index (χ3n) is 2.81. The summed E-state index contributed by atoms with van der Waals surface area (Å²) in [7, 11) is 0. The Kier molecular flexibility index (Phi) is 5.23. The summed E-state index contributed by atoms with van der Waals surface area (Å²) >= 11 is 5.62. The van der Waals surface area contributed by atoms with Crippen LogP contribution < -0.4 is 5.73 Å². The largest absolute Gasteiger partial charge is 0.324 e. The number of rotatable bonds is 5. The van der Waals surface area contributed by atoms with E-state index in [4.69, 9.17) is 17.3 Å². The second-order valence-electron chi connectivity index (χ2n) is 4.41. The van der Waals surface area contributed by atoms with Crippen molar-refractivity contribution in [1.29, 1.82) is 0 Å². The Morgan fingerprint density at radius 3 is 2.69 bits per heavy atom. The molecule has 0 fully saturated rings. The summed E-state index contributed by atoms with van der Waals surface area (Å²) in [6, 6.07) is 4.70. The standard InChI is InChI=1S/C13H19ClFN/c1-3-4-9(2)7-13(16)10-5-6-11(14)12(15)8-10/h5-6,8-9,13H,3-4,7,16H2,1-2H3. The first kappa shape index (κ1) is 13.5. The number of hydrogen-bond donors (Lipinski definition) is 1. The fourth-order valence-corrected chi connectivity index (χ4v) is 2.04. The molecular weight excluding hydrogens is 225 g/mol. The first-order chi connectivity index (χ1) is 7.54. The number of nitrogens with two attached hydrogens (primary N) is 1. The molecule has 0 radical (unpaired) electrons. The van der Waals surface area contributed by atoms with E-state index >= 15 is 0 Å². The molecule has 0 amide bonds. The molecule has 2 N–H and O–H groups in total. The van der Waals surface area contributed by atoms with Gasteiger partial charge in [-0.2, -0.15) is 0 Å². The SMILES string of the molecule is CCCC(C)CC(N)c1ccc(Cl)c(F)c1. The zero-order chi connectivity index (χ0) is 12.1. The molecule has 0 spiro atoms. The van der Waals surface area contributed by atoms with Gasteiger partial charge in [-0.15, -0.1) is 0 Å². The van der Waals surface area contributed by atoms with Gasteiger partial charge in [0.05, 0.1) is 5.02 Å². The quantitative estimate of drug-likeness (QED) is 0.820. The van der Waals surface area contributed by atoms with Crippen molar-refractivity contribution in [2.75, 3.05) is 0 Å². The van der Waals surface area contributed by atoms with E-state index in [0.717, 1.165) is 24.8 Å². The maximum absolute atomic E-state index is 13.2. The summed E-state index contributed by atoms with van der Waals surface area (Å²) < 4.78 is 13.2. The molecule has 2 atom stereocenters. The van der Waals surface area contributed by atoms with Crippen molar-refractivity contribution in [3.63, 3.8) is 0 Å². The highest BCUT2D eigenvalue weighted by atomic mass is 35.5. The van der Waals surface area contributed by atoms with Gasteiger partial charge in [0.2, 0.25) is 0 Å². The Balaban J connectivity index is 2.65. The minimum absolute atomic E-state index is 0.103. The third-order valence-corrected chi connectivity index (χ3v) is 3.12. The second-order valence-corrected chi connectivity index (χ2v) is 4.82.